The van der Waals surface area contributed by atoms with Gasteiger partial charge >= 0.3 is 6.18 Å². The van der Waals surface area contributed by atoms with Crippen LogP contribution in [0.5, 0.6) is 0 Å². The van der Waals surface area contributed by atoms with Crippen molar-refractivity contribution in [2.24, 2.45) is 7.05 Å². The number of nitrogens with one attached hydrogen (secondary N) is 1. The van der Waals surface area contributed by atoms with Crippen LogP contribution in [0, 0.1) is 11.3 Å². The fraction of sp³-hybridized carbons (Fsp3) is 0.353. The van der Waals surface area contributed by atoms with Crippen LogP contribution in [0.25, 0.3) is 0 Å². The molecule has 0 saturated heterocycles. The van der Waals surface area contributed by atoms with Gasteiger partial charge in [0, 0.05) is 19.4 Å². The molecule has 2 atom stereocenters. The molecular weight excluding hydrogens is 349 g/mol. The highest BCUT2D eigenvalue weighted by atomic mass is 19.4. The van der Waals surface area contributed by atoms with Crippen molar-refractivity contribution in [2.45, 2.75) is 31.2 Å². The van der Waals surface area contributed by atoms with Crippen molar-refractivity contribution in [2.75, 3.05) is 0 Å². The lowest BCUT2D eigenvalue weighted by atomic mass is 9.96. The molecule has 1 aromatic heterocycles. The normalized spacial score (nSPS) is 15.0. The molecule has 9 heteroatoms. The summed E-state index contributed by atoms with van der Waals surface area (Å²) in [5, 5.41) is 21.4. The molecule has 0 aliphatic carbocycles. The van der Waals surface area contributed by atoms with E-state index in [4.69, 9.17) is 5.26 Å². The van der Waals surface area contributed by atoms with Gasteiger partial charge in [0.25, 0.3) is 0 Å². The molecular formula is C17H17F3N4O2. The molecule has 0 bridgehead atoms. The van der Waals surface area contributed by atoms with Crippen molar-refractivity contribution >= 4 is 5.91 Å². The van der Waals surface area contributed by atoms with Gasteiger partial charge in [-0.25, -0.2) is 4.98 Å². The molecule has 0 radical (unpaired) electrons. The van der Waals surface area contributed by atoms with Gasteiger partial charge in [-0.05, 0) is 24.6 Å². The van der Waals surface area contributed by atoms with Crippen molar-refractivity contribution in [3.8, 4) is 6.07 Å². The van der Waals surface area contributed by atoms with Gasteiger partial charge in [0.2, 0.25) is 11.5 Å². The smallest absolute Gasteiger partial charge is 0.374 e. The molecule has 1 heterocycles. The van der Waals surface area contributed by atoms with Crippen molar-refractivity contribution < 1.29 is 23.1 Å². The Hall–Kier alpha value is -2.86. The minimum Gasteiger partial charge on any atom is -0.374 e. The fourth-order valence-corrected chi connectivity index (χ4v) is 2.52. The summed E-state index contributed by atoms with van der Waals surface area (Å²) in [5.74, 6) is -1.64. The Kier molecular flexibility index (Phi) is 5.37. The Labute approximate surface area is 147 Å². The summed E-state index contributed by atoms with van der Waals surface area (Å²) in [7, 11) is 1.30. The van der Waals surface area contributed by atoms with Crippen molar-refractivity contribution in [1.29, 1.82) is 5.26 Å². The van der Waals surface area contributed by atoms with Crippen molar-refractivity contribution in [3.63, 3.8) is 0 Å². The second-order valence-electron chi connectivity index (χ2n) is 5.92. The number of carbonyl (C=O) groups excluding carboxylic acids is 1. The molecule has 0 aliphatic heterocycles. The average Bonchev–Trinajstić information content (AvgIpc) is 3.00. The molecule has 2 aromatic rings. The van der Waals surface area contributed by atoms with Crippen LogP contribution in [0.2, 0.25) is 0 Å². The van der Waals surface area contributed by atoms with Gasteiger partial charge < -0.3 is 15.0 Å². The summed E-state index contributed by atoms with van der Waals surface area (Å²) >= 11 is 0. The monoisotopic (exact) mass is 366 g/mol. The zero-order chi connectivity index (χ0) is 19.5. The van der Waals surface area contributed by atoms with Gasteiger partial charge in [-0.1, -0.05) is 12.1 Å². The molecule has 2 rings (SSSR count). The third-order valence-electron chi connectivity index (χ3n) is 3.99. The Balaban J connectivity index is 2.17. The summed E-state index contributed by atoms with van der Waals surface area (Å²) in [5.41, 5.74) is -2.36. The summed E-state index contributed by atoms with van der Waals surface area (Å²) in [6.07, 6.45) is -3.93. The van der Waals surface area contributed by atoms with Crippen LogP contribution in [0.15, 0.2) is 36.7 Å². The SMILES string of the molecule is CC(NC(=O)CC(O)(c1nccn1C)C(F)(F)F)c1ccc(C#N)cc1. The number of aromatic nitrogens is 2. The van der Waals surface area contributed by atoms with Crippen LogP contribution in [-0.2, 0) is 17.4 Å². The molecule has 6 nitrogen and oxygen atoms in total. The molecule has 2 unspecified atom stereocenters. The lowest BCUT2D eigenvalue weighted by Gasteiger charge is -2.29. The predicted octanol–water partition coefficient (Wildman–Crippen LogP) is 2.31. The second kappa shape index (κ2) is 7.17. The number of halogens is 3. The molecule has 0 aliphatic rings. The first kappa shape index (κ1) is 19.5. The molecule has 0 fully saturated rings. The van der Waals surface area contributed by atoms with Gasteiger partial charge in [-0.15, -0.1) is 0 Å². The fourth-order valence-electron chi connectivity index (χ4n) is 2.52. The van der Waals surface area contributed by atoms with Gasteiger partial charge in [0.15, 0.2) is 5.82 Å². The van der Waals surface area contributed by atoms with E-state index in [1.807, 2.05) is 6.07 Å². The zero-order valence-corrected chi connectivity index (χ0v) is 14.1. The van der Waals surface area contributed by atoms with E-state index in [2.05, 4.69) is 10.3 Å². The Morgan fingerprint density at radius 2 is 2.00 bits per heavy atom. The molecule has 1 aromatic carbocycles. The van der Waals surface area contributed by atoms with Gasteiger partial charge in [0.1, 0.15) is 0 Å². The minimum atomic E-state index is -5.08. The Morgan fingerprint density at radius 1 is 1.38 bits per heavy atom. The first-order valence-electron chi connectivity index (χ1n) is 7.65. The highest BCUT2D eigenvalue weighted by Gasteiger charge is 2.58. The van der Waals surface area contributed by atoms with Crippen LogP contribution in [-0.4, -0.2) is 26.7 Å². The molecule has 0 saturated carbocycles. The number of imidazole rings is 1. The summed E-state index contributed by atoms with van der Waals surface area (Å²) in [6.45, 7) is 1.59. The number of benzene rings is 1. The summed E-state index contributed by atoms with van der Waals surface area (Å²) in [6, 6.07) is 7.62. The third kappa shape index (κ3) is 3.86. The molecule has 1 amide bonds. The van der Waals surface area contributed by atoms with Gasteiger partial charge in [0.05, 0.1) is 24.1 Å². The number of hydrogen-bond acceptors (Lipinski definition) is 4. The predicted molar refractivity (Wildman–Crippen MR) is 85.5 cm³/mol. The molecule has 0 spiro atoms. The molecule has 26 heavy (non-hydrogen) atoms. The quantitative estimate of drug-likeness (QED) is 0.850. The molecule has 138 valence electrons. The maximum atomic E-state index is 13.4. The van der Waals surface area contributed by atoms with Crippen LogP contribution >= 0.6 is 0 Å². The van der Waals surface area contributed by atoms with E-state index < -0.39 is 36.0 Å². The van der Waals surface area contributed by atoms with E-state index in [9.17, 15) is 23.1 Å². The number of carbonyl (C=O) groups is 1. The minimum absolute atomic E-state index is 0.425. The van der Waals surface area contributed by atoms with Crippen molar-refractivity contribution in [1.82, 2.24) is 14.9 Å². The molecule has 2 N–H and O–H groups in total. The second-order valence-corrected chi connectivity index (χ2v) is 5.92. The van der Waals surface area contributed by atoms with E-state index in [1.165, 1.54) is 25.4 Å². The number of hydrogen-bond donors (Lipinski definition) is 2. The maximum Gasteiger partial charge on any atom is 0.425 e. The number of amides is 1. The van der Waals surface area contributed by atoms with Gasteiger partial charge in [-0.2, -0.15) is 18.4 Å². The highest BCUT2D eigenvalue weighted by molar-refractivity contribution is 5.77. The van der Waals surface area contributed by atoms with E-state index >= 15 is 0 Å². The number of nitrogens with zero attached hydrogens (tertiary/aromatic N) is 3. The lowest BCUT2D eigenvalue weighted by Crippen LogP contribution is -2.48. The Bertz CT molecular complexity index is 824. The standard InChI is InChI=1S/C17H17F3N4O2/c1-11(13-5-3-12(10-21)4-6-13)23-14(25)9-16(26,17(18,19)20)15-22-7-8-24(15)2/h3-8,11,26H,9H2,1-2H3,(H,23,25). The largest absolute Gasteiger partial charge is 0.425 e. The first-order chi connectivity index (χ1) is 12.1. The van der Waals surface area contributed by atoms with Crippen LogP contribution in [0.4, 0.5) is 13.2 Å². The summed E-state index contributed by atoms with van der Waals surface area (Å²) in [4.78, 5) is 15.7. The van der Waals surface area contributed by atoms with Gasteiger partial charge in [-0.3, -0.25) is 4.79 Å². The number of nitriles is 1. The van der Waals surface area contributed by atoms with E-state index in [0.29, 0.717) is 11.1 Å². The third-order valence-corrected chi connectivity index (χ3v) is 3.99. The van der Waals surface area contributed by atoms with E-state index in [-0.39, 0.29) is 0 Å². The van der Waals surface area contributed by atoms with Crippen LogP contribution < -0.4 is 5.32 Å². The van der Waals surface area contributed by atoms with Crippen LogP contribution in [0.1, 0.15) is 36.3 Å². The van der Waals surface area contributed by atoms with E-state index in [0.717, 1.165) is 10.8 Å². The van der Waals surface area contributed by atoms with Crippen molar-refractivity contribution in [3.05, 3.63) is 53.6 Å². The maximum absolute atomic E-state index is 13.4. The number of aliphatic hydroxyl groups is 1. The van der Waals surface area contributed by atoms with Crippen LogP contribution in [0.3, 0.4) is 0 Å². The highest BCUT2D eigenvalue weighted by Crippen LogP contribution is 2.40. The topological polar surface area (TPSA) is 90.9 Å². The number of alkyl halides is 3. The first-order valence-corrected chi connectivity index (χ1v) is 7.65. The lowest BCUT2D eigenvalue weighted by molar-refractivity contribution is -0.271. The average molecular weight is 366 g/mol. The Morgan fingerprint density at radius 3 is 2.46 bits per heavy atom. The number of rotatable bonds is 5. The zero-order valence-electron chi connectivity index (χ0n) is 14.1. The summed E-state index contributed by atoms with van der Waals surface area (Å²) < 4.78 is 41.3. The number of aryl methyl sites for hydroxylation is 1. The van der Waals surface area contributed by atoms with E-state index in [1.54, 1.807) is 19.1 Å².